The number of pyridine rings is 1. The van der Waals surface area contributed by atoms with Crippen LogP contribution in [0, 0.1) is 6.92 Å². The molecule has 0 bridgehead atoms. The molecule has 0 radical (unpaired) electrons. The van der Waals surface area contributed by atoms with Crippen molar-refractivity contribution in [1.29, 1.82) is 0 Å². The fourth-order valence-corrected chi connectivity index (χ4v) is 2.23. The first kappa shape index (κ1) is 15.3. The van der Waals surface area contributed by atoms with Crippen molar-refractivity contribution in [2.75, 3.05) is 5.32 Å². The first-order valence-electron chi connectivity index (χ1n) is 6.77. The maximum atomic E-state index is 12.3. The number of aryl methyl sites for hydroxylation is 2. The number of halogens is 1. The molecule has 0 aliphatic rings. The van der Waals surface area contributed by atoms with Crippen molar-refractivity contribution in [3.05, 3.63) is 52.3 Å². The SMILES string of the molecule is CCCc1cc(C(=O)Nc2ccc(O)c(C)c2)cc(Cl)n1. The van der Waals surface area contributed by atoms with Crippen molar-refractivity contribution in [3.8, 4) is 5.75 Å². The van der Waals surface area contributed by atoms with Gasteiger partial charge in [0.2, 0.25) is 0 Å². The molecule has 2 rings (SSSR count). The number of hydrogen-bond acceptors (Lipinski definition) is 3. The van der Waals surface area contributed by atoms with Crippen molar-refractivity contribution in [2.45, 2.75) is 26.7 Å². The van der Waals surface area contributed by atoms with Crippen LogP contribution in [0.15, 0.2) is 30.3 Å². The molecule has 110 valence electrons. The number of carbonyl (C=O) groups excluding carboxylic acids is 1. The molecule has 1 heterocycles. The van der Waals surface area contributed by atoms with E-state index in [-0.39, 0.29) is 11.7 Å². The molecule has 0 saturated carbocycles. The summed E-state index contributed by atoms with van der Waals surface area (Å²) in [7, 11) is 0. The molecular weight excluding hydrogens is 288 g/mol. The first-order valence-corrected chi connectivity index (χ1v) is 7.15. The summed E-state index contributed by atoms with van der Waals surface area (Å²) in [5.74, 6) is -0.0491. The third-order valence-electron chi connectivity index (χ3n) is 3.07. The molecule has 0 atom stereocenters. The minimum absolute atomic E-state index is 0.199. The summed E-state index contributed by atoms with van der Waals surface area (Å²) in [5.41, 5.74) is 2.61. The van der Waals surface area contributed by atoms with Crippen LogP contribution in [-0.4, -0.2) is 16.0 Å². The Kier molecular flexibility index (Phi) is 4.81. The molecule has 1 aromatic heterocycles. The lowest BCUT2D eigenvalue weighted by Gasteiger charge is -2.08. The Bertz CT molecular complexity index is 671. The molecule has 0 spiro atoms. The van der Waals surface area contributed by atoms with Crippen LogP contribution in [0.1, 0.15) is 35.0 Å². The number of nitrogens with zero attached hydrogens (tertiary/aromatic N) is 1. The van der Waals surface area contributed by atoms with Crippen molar-refractivity contribution < 1.29 is 9.90 Å². The zero-order valence-corrected chi connectivity index (χ0v) is 12.7. The quantitative estimate of drug-likeness (QED) is 0.664. The second kappa shape index (κ2) is 6.59. The van der Waals surface area contributed by atoms with Gasteiger partial charge in [0.05, 0.1) is 0 Å². The zero-order valence-electron chi connectivity index (χ0n) is 12.0. The number of carbonyl (C=O) groups is 1. The van der Waals surface area contributed by atoms with E-state index in [9.17, 15) is 9.90 Å². The number of benzene rings is 1. The average molecular weight is 305 g/mol. The second-order valence-electron chi connectivity index (χ2n) is 4.88. The van der Waals surface area contributed by atoms with Gasteiger partial charge in [0.15, 0.2) is 0 Å². The van der Waals surface area contributed by atoms with Crippen molar-refractivity contribution in [3.63, 3.8) is 0 Å². The Hall–Kier alpha value is -2.07. The summed E-state index contributed by atoms with van der Waals surface area (Å²) in [6.07, 6.45) is 1.71. The predicted molar refractivity (Wildman–Crippen MR) is 84.0 cm³/mol. The number of anilines is 1. The van der Waals surface area contributed by atoms with E-state index in [1.165, 1.54) is 0 Å². The summed E-state index contributed by atoms with van der Waals surface area (Å²) >= 11 is 5.95. The maximum Gasteiger partial charge on any atom is 0.255 e. The molecule has 4 nitrogen and oxygen atoms in total. The van der Waals surface area contributed by atoms with Crippen LogP contribution in [0.3, 0.4) is 0 Å². The average Bonchev–Trinajstić information content (AvgIpc) is 2.42. The Morgan fingerprint density at radius 2 is 2.10 bits per heavy atom. The van der Waals surface area contributed by atoms with Gasteiger partial charge in [0, 0.05) is 16.9 Å². The fraction of sp³-hybridized carbons (Fsp3) is 0.250. The summed E-state index contributed by atoms with van der Waals surface area (Å²) in [4.78, 5) is 16.5. The van der Waals surface area contributed by atoms with Gasteiger partial charge in [-0.05, 0) is 49.2 Å². The van der Waals surface area contributed by atoms with E-state index in [0.29, 0.717) is 22.0 Å². The number of amides is 1. The Labute approximate surface area is 128 Å². The molecular formula is C16H17ClN2O2. The lowest BCUT2D eigenvalue weighted by atomic mass is 10.1. The molecule has 2 N–H and O–H groups in total. The number of phenolic OH excluding ortho intramolecular Hbond substituents is 1. The van der Waals surface area contributed by atoms with E-state index in [2.05, 4.69) is 10.3 Å². The highest BCUT2D eigenvalue weighted by Gasteiger charge is 2.10. The van der Waals surface area contributed by atoms with Crippen LogP contribution in [-0.2, 0) is 6.42 Å². The number of nitrogens with one attached hydrogen (secondary N) is 1. The van der Waals surface area contributed by atoms with Gasteiger partial charge in [-0.3, -0.25) is 4.79 Å². The lowest BCUT2D eigenvalue weighted by molar-refractivity contribution is 0.102. The highest BCUT2D eigenvalue weighted by Crippen LogP contribution is 2.21. The smallest absolute Gasteiger partial charge is 0.255 e. The maximum absolute atomic E-state index is 12.3. The van der Waals surface area contributed by atoms with Gasteiger partial charge in [-0.15, -0.1) is 0 Å². The minimum atomic E-state index is -0.248. The summed E-state index contributed by atoms with van der Waals surface area (Å²) in [6.45, 7) is 3.81. The van der Waals surface area contributed by atoms with Gasteiger partial charge in [0.1, 0.15) is 10.9 Å². The van der Waals surface area contributed by atoms with E-state index in [4.69, 9.17) is 11.6 Å². The third-order valence-corrected chi connectivity index (χ3v) is 3.26. The number of aromatic nitrogens is 1. The van der Waals surface area contributed by atoms with E-state index in [1.54, 1.807) is 37.3 Å². The summed E-state index contributed by atoms with van der Waals surface area (Å²) in [5, 5.41) is 12.6. The van der Waals surface area contributed by atoms with Crippen LogP contribution in [0.2, 0.25) is 5.15 Å². The molecule has 2 aromatic rings. The molecule has 1 amide bonds. The summed E-state index contributed by atoms with van der Waals surface area (Å²) < 4.78 is 0. The second-order valence-corrected chi connectivity index (χ2v) is 5.26. The third kappa shape index (κ3) is 3.95. The van der Waals surface area contributed by atoms with Gasteiger partial charge >= 0.3 is 0 Å². The normalized spacial score (nSPS) is 10.4. The molecule has 0 aliphatic carbocycles. The zero-order chi connectivity index (χ0) is 15.4. The molecule has 0 fully saturated rings. The van der Waals surface area contributed by atoms with Gasteiger partial charge in [-0.25, -0.2) is 4.98 Å². The highest BCUT2D eigenvalue weighted by molar-refractivity contribution is 6.29. The van der Waals surface area contributed by atoms with E-state index in [1.807, 2.05) is 6.92 Å². The lowest BCUT2D eigenvalue weighted by Crippen LogP contribution is -2.13. The Balaban J connectivity index is 2.21. The van der Waals surface area contributed by atoms with Gasteiger partial charge < -0.3 is 10.4 Å². The van der Waals surface area contributed by atoms with Crippen molar-refractivity contribution in [1.82, 2.24) is 4.98 Å². The standard InChI is InChI=1S/C16H17ClN2O2/c1-3-4-12-8-11(9-15(17)18-12)16(21)19-13-5-6-14(20)10(2)7-13/h5-9,20H,3-4H2,1-2H3,(H,19,21). The Morgan fingerprint density at radius 1 is 1.33 bits per heavy atom. The number of rotatable bonds is 4. The Morgan fingerprint density at radius 3 is 2.76 bits per heavy atom. The highest BCUT2D eigenvalue weighted by atomic mass is 35.5. The van der Waals surface area contributed by atoms with Gasteiger partial charge in [-0.2, -0.15) is 0 Å². The minimum Gasteiger partial charge on any atom is -0.508 e. The van der Waals surface area contributed by atoms with Crippen LogP contribution in [0.4, 0.5) is 5.69 Å². The van der Waals surface area contributed by atoms with E-state index in [0.717, 1.165) is 18.5 Å². The van der Waals surface area contributed by atoms with E-state index >= 15 is 0 Å². The molecule has 0 aliphatic heterocycles. The molecule has 5 heteroatoms. The molecule has 0 unspecified atom stereocenters. The number of aromatic hydroxyl groups is 1. The monoisotopic (exact) mass is 304 g/mol. The van der Waals surface area contributed by atoms with Crippen molar-refractivity contribution in [2.24, 2.45) is 0 Å². The topological polar surface area (TPSA) is 62.2 Å². The van der Waals surface area contributed by atoms with Crippen LogP contribution in [0.25, 0.3) is 0 Å². The largest absolute Gasteiger partial charge is 0.508 e. The predicted octanol–water partition coefficient (Wildman–Crippen LogP) is 3.95. The number of hydrogen-bond donors (Lipinski definition) is 2. The van der Waals surface area contributed by atoms with Crippen LogP contribution in [0.5, 0.6) is 5.75 Å². The molecule has 21 heavy (non-hydrogen) atoms. The first-order chi connectivity index (χ1) is 9.99. The van der Waals surface area contributed by atoms with Crippen molar-refractivity contribution >= 4 is 23.2 Å². The van der Waals surface area contributed by atoms with Crippen LogP contribution >= 0.6 is 11.6 Å². The van der Waals surface area contributed by atoms with E-state index < -0.39 is 0 Å². The molecule has 0 saturated heterocycles. The number of phenols is 1. The fourth-order valence-electron chi connectivity index (χ4n) is 2.00. The van der Waals surface area contributed by atoms with Gasteiger partial charge in [0.25, 0.3) is 5.91 Å². The molecule has 1 aromatic carbocycles. The summed E-state index contributed by atoms with van der Waals surface area (Å²) in [6, 6.07) is 8.20. The van der Waals surface area contributed by atoms with Crippen LogP contribution < -0.4 is 5.32 Å². The van der Waals surface area contributed by atoms with Gasteiger partial charge in [-0.1, -0.05) is 24.9 Å².